The molecule has 0 aromatic carbocycles. The van der Waals surface area contributed by atoms with Crippen LogP contribution in [0.1, 0.15) is 33.1 Å². The molecule has 0 saturated heterocycles. The zero-order valence-corrected chi connectivity index (χ0v) is 15.3. The van der Waals surface area contributed by atoms with Crippen LogP contribution in [-0.4, -0.2) is 50.1 Å². The van der Waals surface area contributed by atoms with Gasteiger partial charge in [-0.2, -0.15) is 0 Å². The Morgan fingerprint density at radius 3 is 2.65 bits per heavy atom. The van der Waals surface area contributed by atoms with E-state index in [9.17, 15) is 4.79 Å². The van der Waals surface area contributed by atoms with Crippen LogP contribution >= 0.6 is 24.0 Å². The molecule has 0 aliphatic heterocycles. The first-order valence-corrected chi connectivity index (χ1v) is 6.73. The Morgan fingerprint density at radius 2 is 2.15 bits per heavy atom. The summed E-state index contributed by atoms with van der Waals surface area (Å²) in [7, 11) is 3.71. The summed E-state index contributed by atoms with van der Waals surface area (Å²) in [5, 5.41) is 3.15. The number of allylic oxidation sites excluding steroid dienone is 1. The summed E-state index contributed by atoms with van der Waals surface area (Å²) in [5.41, 5.74) is 0. The van der Waals surface area contributed by atoms with E-state index < -0.39 is 0 Å². The van der Waals surface area contributed by atoms with E-state index in [1.165, 1.54) is 0 Å². The number of ether oxygens (including phenoxy) is 1. The molecule has 0 bridgehead atoms. The number of guanidine groups is 1. The van der Waals surface area contributed by atoms with Gasteiger partial charge in [0.15, 0.2) is 5.96 Å². The highest BCUT2D eigenvalue weighted by molar-refractivity contribution is 14.0. The van der Waals surface area contributed by atoms with Gasteiger partial charge in [-0.3, -0.25) is 9.79 Å². The molecule has 0 aliphatic carbocycles. The average Bonchev–Trinajstić information content (AvgIpc) is 2.33. The molecule has 0 fully saturated rings. The van der Waals surface area contributed by atoms with E-state index in [1.54, 1.807) is 7.05 Å². The quantitative estimate of drug-likeness (QED) is 0.171. The van der Waals surface area contributed by atoms with E-state index in [0.29, 0.717) is 13.0 Å². The fourth-order valence-corrected chi connectivity index (χ4v) is 1.56. The minimum Gasteiger partial charge on any atom is -0.463 e. The number of carbonyl (C=O) groups is 1. The lowest BCUT2D eigenvalue weighted by Gasteiger charge is -2.21. The lowest BCUT2D eigenvalue weighted by molar-refractivity contribution is -0.147. The number of nitrogens with zero attached hydrogens (tertiary/aromatic N) is 2. The van der Waals surface area contributed by atoms with E-state index in [0.717, 1.165) is 25.3 Å². The van der Waals surface area contributed by atoms with E-state index in [4.69, 9.17) is 4.74 Å². The molecule has 0 aromatic rings. The topological polar surface area (TPSA) is 53.9 Å². The summed E-state index contributed by atoms with van der Waals surface area (Å²) < 4.78 is 5.06. The molecule has 118 valence electrons. The molecular weight excluding hydrogens is 369 g/mol. The maximum Gasteiger partial charge on any atom is 0.307 e. The number of aliphatic imine (C=N–C) groups is 1. The fraction of sp³-hybridized carbons (Fsp3) is 0.714. The molecule has 0 radical (unpaired) electrons. The van der Waals surface area contributed by atoms with Crippen LogP contribution in [0.5, 0.6) is 0 Å². The predicted octanol–water partition coefficient (Wildman–Crippen LogP) is 2.42. The molecule has 5 nitrogen and oxygen atoms in total. The van der Waals surface area contributed by atoms with Crippen LogP contribution in [0.15, 0.2) is 17.6 Å². The largest absolute Gasteiger partial charge is 0.463 e. The number of nitrogens with one attached hydrogen (secondary N) is 1. The smallest absolute Gasteiger partial charge is 0.307 e. The van der Waals surface area contributed by atoms with Crippen molar-refractivity contribution in [3.05, 3.63) is 12.7 Å². The summed E-state index contributed by atoms with van der Waals surface area (Å²) in [6, 6.07) is 0. The normalized spacial score (nSPS) is 10.8. The zero-order chi connectivity index (χ0) is 14.7. The third-order valence-corrected chi connectivity index (χ3v) is 2.45. The fourth-order valence-electron chi connectivity index (χ4n) is 1.56. The number of rotatable bonds is 8. The van der Waals surface area contributed by atoms with E-state index in [-0.39, 0.29) is 36.0 Å². The Hall–Kier alpha value is -0.790. The van der Waals surface area contributed by atoms with Crippen molar-refractivity contribution < 1.29 is 9.53 Å². The molecule has 0 aromatic heterocycles. The number of hydrogen-bond donors (Lipinski definition) is 1. The van der Waals surface area contributed by atoms with Crippen molar-refractivity contribution in [1.29, 1.82) is 0 Å². The van der Waals surface area contributed by atoms with Gasteiger partial charge < -0.3 is 15.0 Å². The van der Waals surface area contributed by atoms with Crippen molar-refractivity contribution in [1.82, 2.24) is 10.2 Å². The van der Waals surface area contributed by atoms with Gasteiger partial charge in [-0.1, -0.05) is 6.08 Å². The second-order valence-electron chi connectivity index (χ2n) is 4.62. The molecule has 0 unspecified atom stereocenters. The first kappa shape index (κ1) is 21.5. The van der Waals surface area contributed by atoms with E-state index in [1.807, 2.05) is 31.9 Å². The minimum absolute atomic E-state index is 0. The molecule has 20 heavy (non-hydrogen) atoms. The number of halogens is 1. The maximum atomic E-state index is 11.4. The summed E-state index contributed by atoms with van der Waals surface area (Å²) in [6.45, 7) is 8.83. The summed E-state index contributed by atoms with van der Waals surface area (Å²) in [4.78, 5) is 17.6. The Labute approximate surface area is 139 Å². The molecule has 1 N–H and O–H groups in total. The van der Waals surface area contributed by atoms with Gasteiger partial charge >= 0.3 is 5.97 Å². The first-order chi connectivity index (χ1) is 9.01. The van der Waals surface area contributed by atoms with Crippen molar-refractivity contribution in [2.75, 3.05) is 27.2 Å². The molecule has 0 atom stereocenters. The van der Waals surface area contributed by atoms with Crippen molar-refractivity contribution in [3.8, 4) is 0 Å². The Kier molecular flexibility index (Phi) is 14.2. The van der Waals surface area contributed by atoms with Gasteiger partial charge in [0.1, 0.15) is 0 Å². The van der Waals surface area contributed by atoms with Crippen molar-refractivity contribution in [2.24, 2.45) is 4.99 Å². The summed E-state index contributed by atoms with van der Waals surface area (Å²) >= 11 is 0. The molecule has 0 aliphatic rings. The third-order valence-electron chi connectivity index (χ3n) is 2.45. The van der Waals surface area contributed by atoms with Gasteiger partial charge in [-0.05, 0) is 26.7 Å². The second kappa shape index (κ2) is 13.2. The highest BCUT2D eigenvalue weighted by Crippen LogP contribution is 1.95. The highest BCUT2D eigenvalue weighted by atomic mass is 127. The molecule has 0 rings (SSSR count). The number of hydrogen-bond acceptors (Lipinski definition) is 3. The predicted molar refractivity (Wildman–Crippen MR) is 94.7 cm³/mol. The van der Waals surface area contributed by atoms with Crippen molar-refractivity contribution in [3.63, 3.8) is 0 Å². The van der Waals surface area contributed by atoms with Crippen molar-refractivity contribution >= 4 is 35.9 Å². The Balaban J connectivity index is 0. The van der Waals surface area contributed by atoms with Crippen LogP contribution in [-0.2, 0) is 9.53 Å². The molecule has 0 spiro atoms. The number of esters is 1. The van der Waals surface area contributed by atoms with E-state index in [2.05, 4.69) is 16.9 Å². The van der Waals surface area contributed by atoms with Gasteiger partial charge in [-0.25, -0.2) is 0 Å². The highest BCUT2D eigenvalue weighted by Gasteiger charge is 2.08. The molecule has 0 heterocycles. The molecule has 0 amide bonds. The Bertz CT molecular complexity index is 307. The van der Waals surface area contributed by atoms with E-state index >= 15 is 0 Å². The van der Waals surface area contributed by atoms with Crippen LogP contribution in [0.25, 0.3) is 0 Å². The SMILES string of the molecule is C=CCCCN(C)C(=NC)NCCC(=O)OC(C)C.I. The zero-order valence-electron chi connectivity index (χ0n) is 13.0. The van der Waals surface area contributed by atoms with Crippen molar-refractivity contribution in [2.45, 2.75) is 39.2 Å². The molecular formula is C14H28IN3O2. The average molecular weight is 397 g/mol. The third kappa shape index (κ3) is 11.1. The van der Waals surface area contributed by atoms with Crippen LogP contribution in [0.4, 0.5) is 0 Å². The van der Waals surface area contributed by atoms with Gasteiger partial charge in [0.05, 0.1) is 12.5 Å². The van der Waals surface area contributed by atoms with Gasteiger partial charge in [-0.15, -0.1) is 30.6 Å². The van der Waals surface area contributed by atoms with Crippen LogP contribution in [0.3, 0.4) is 0 Å². The summed E-state index contributed by atoms with van der Waals surface area (Å²) in [6.07, 6.45) is 4.22. The lowest BCUT2D eigenvalue weighted by atomic mass is 10.3. The standard InChI is InChI=1S/C14H27N3O2.HI/c1-6-7-8-11-17(5)14(15-4)16-10-9-13(18)19-12(2)3;/h6,12H,1,7-11H2,2-5H3,(H,15,16);1H. The molecule has 0 saturated carbocycles. The van der Waals surface area contributed by atoms with Gasteiger partial charge in [0, 0.05) is 27.2 Å². The van der Waals surface area contributed by atoms with Crippen LogP contribution in [0, 0.1) is 0 Å². The van der Waals surface area contributed by atoms with Crippen LogP contribution in [0.2, 0.25) is 0 Å². The monoisotopic (exact) mass is 397 g/mol. The number of carbonyl (C=O) groups excluding carboxylic acids is 1. The van der Waals surface area contributed by atoms with Crippen LogP contribution < -0.4 is 5.32 Å². The minimum atomic E-state index is -0.188. The maximum absolute atomic E-state index is 11.4. The summed E-state index contributed by atoms with van der Waals surface area (Å²) in [5.74, 6) is 0.605. The molecule has 6 heteroatoms. The first-order valence-electron chi connectivity index (χ1n) is 6.73. The Morgan fingerprint density at radius 1 is 1.50 bits per heavy atom. The number of unbranched alkanes of at least 4 members (excludes halogenated alkanes) is 1. The van der Waals surface area contributed by atoms with Gasteiger partial charge in [0.2, 0.25) is 0 Å². The lowest BCUT2D eigenvalue weighted by Crippen LogP contribution is -2.40. The van der Waals surface area contributed by atoms with Gasteiger partial charge in [0.25, 0.3) is 0 Å². The second-order valence-corrected chi connectivity index (χ2v) is 4.62.